The summed E-state index contributed by atoms with van der Waals surface area (Å²) in [5.41, 5.74) is 5.85. The van der Waals surface area contributed by atoms with Crippen molar-refractivity contribution in [2.45, 2.75) is 13.0 Å². The van der Waals surface area contributed by atoms with E-state index in [1.54, 1.807) is 18.7 Å². The highest BCUT2D eigenvalue weighted by Crippen LogP contribution is 2.24. The first kappa shape index (κ1) is 21.6. The lowest BCUT2D eigenvalue weighted by atomic mass is 10.1. The minimum absolute atomic E-state index is 0.0960. The van der Waals surface area contributed by atoms with Gasteiger partial charge >= 0.3 is 0 Å². The normalized spacial score (nSPS) is 11.5. The standard InChI is InChI=1S/C23H27N3O4/c1-30-20-7-8-22-21(14-20)19(15-24-22)10-11-26(12-13-27)16-18-4-2-17(3-5-18)6-9-23(28)25-29/h2-9,14-15,24,27,29H,10-13,16H2,1H3,(H,25,28). The van der Waals surface area contributed by atoms with Crippen molar-refractivity contribution in [2.24, 2.45) is 0 Å². The van der Waals surface area contributed by atoms with Gasteiger partial charge in [0.1, 0.15) is 5.75 Å². The maximum absolute atomic E-state index is 11.1. The molecule has 0 aliphatic heterocycles. The monoisotopic (exact) mass is 409 g/mol. The maximum atomic E-state index is 11.1. The molecule has 4 N–H and O–H groups in total. The third kappa shape index (κ3) is 5.70. The minimum atomic E-state index is -0.567. The number of carbonyl (C=O) groups excluding carboxylic acids is 1. The molecule has 0 aliphatic carbocycles. The number of aromatic nitrogens is 1. The Labute approximate surface area is 175 Å². The van der Waals surface area contributed by atoms with Crippen molar-refractivity contribution >= 4 is 22.9 Å². The second-order valence-corrected chi connectivity index (χ2v) is 7.03. The minimum Gasteiger partial charge on any atom is -0.497 e. The van der Waals surface area contributed by atoms with Crippen LogP contribution in [0.3, 0.4) is 0 Å². The Balaban J connectivity index is 1.64. The smallest absolute Gasteiger partial charge is 0.267 e. The number of aliphatic hydroxyl groups excluding tert-OH is 1. The van der Waals surface area contributed by atoms with Gasteiger partial charge in [0.25, 0.3) is 5.91 Å². The molecule has 0 saturated carbocycles. The number of carbonyl (C=O) groups is 1. The average molecular weight is 409 g/mol. The van der Waals surface area contributed by atoms with Crippen LogP contribution in [0.15, 0.2) is 54.7 Å². The summed E-state index contributed by atoms with van der Waals surface area (Å²) in [6.07, 6.45) is 5.78. The SMILES string of the molecule is COc1ccc2[nH]cc(CCN(CCO)Cc3ccc(C=CC(=O)NO)cc3)c2c1. The van der Waals surface area contributed by atoms with Gasteiger partial charge in [-0.2, -0.15) is 0 Å². The lowest BCUT2D eigenvalue weighted by Crippen LogP contribution is -2.28. The van der Waals surface area contributed by atoms with E-state index in [-0.39, 0.29) is 6.61 Å². The lowest BCUT2D eigenvalue weighted by molar-refractivity contribution is -0.124. The van der Waals surface area contributed by atoms with E-state index < -0.39 is 5.91 Å². The zero-order valence-corrected chi connectivity index (χ0v) is 17.0. The Hall–Kier alpha value is -3.13. The van der Waals surface area contributed by atoms with Crippen LogP contribution < -0.4 is 10.2 Å². The molecular weight excluding hydrogens is 382 g/mol. The molecule has 0 bridgehead atoms. The molecule has 0 fully saturated rings. The topological polar surface area (TPSA) is 97.8 Å². The highest BCUT2D eigenvalue weighted by molar-refractivity contribution is 5.90. The third-order valence-corrected chi connectivity index (χ3v) is 5.01. The zero-order valence-electron chi connectivity index (χ0n) is 17.0. The number of hydroxylamine groups is 1. The number of aromatic amines is 1. The van der Waals surface area contributed by atoms with E-state index in [1.807, 2.05) is 48.7 Å². The Kier molecular flexibility index (Phi) is 7.62. The zero-order chi connectivity index (χ0) is 21.3. The number of benzene rings is 2. The van der Waals surface area contributed by atoms with E-state index in [0.29, 0.717) is 13.1 Å². The molecule has 0 saturated heterocycles. The third-order valence-electron chi connectivity index (χ3n) is 5.01. The molecule has 2 aromatic carbocycles. The highest BCUT2D eigenvalue weighted by atomic mass is 16.5. The first-order chi connectivity index (χ1) is 14.6. The fourth-order valence-electron chi connectivity index (χ4n) is 3.38. The van der Waals surface area contributed by atoms with Crippen molar-refractivity contribution in [1.29, 1.82) is 0 Å². The molecule has 1 heterocycles. The summed E-state index contributed by atoms with van der Waals surface area (Å²) in [7, 11) is 1.67. The van der Waals surface area contributed by atoms with Crippen LogP contribution in [0.25, 0.3) is 17.0 Å². The van der Waals surface area contributed by atoms with Gasteiger partial charge in [-0.05, 0) is 47.4 Å². The second kappa shape index (κ2) is 10.6. The Bertz CT molecular complexity index is 995. The Morgan fingerprint density at radius 3 is 2.70 bits per heavy atom. The largest absolute Gasteiger partial charge is 0.497 e. The highest BCUT2D eigenvalue weighted by Gasteiger charge is 2.10. The molecule has 0 unspecified atom stereocenters. The summed E-state index contributed by atoms with van der Waals surface area (Å²) in [5.74, 6) is 0.268. The van der Waals surface area contributed by atoms with Crippen LogP contribution in [-0.4, -0.2) is 52.9 Å². The van der Waals surface area contributed by atoms with Gasteiger partial charge in [0.15, 0.2) is 0 Å². The predicted octanol–water partition coefficient (Wildman–Crippen LogP) is 2.73. The summed E-state index contributed by atoms with van der Waals surface area (Å²) in [6.45, 7) is 2.21. The number of hydrogen-bond donors (Lipinski definition) is 4. The van der Waals surface area contributed by atoms with Gasteiger partial charge in [-0.25, -0.2) is 5.48 Å². The molecule has 1 amide bonds. The van der Waals surface area contributed by atoms with Crippen LogP contribution >= 0.6 is 0 Å². The molecule has 1 aromatic heterocycles. The second-order valence-electron chi connectivity index (χ2n) is 7.03. The summed E-state index contributed by atoms with van der Waals surface area (Å²) >= 11 is 0. The summed E-state index contributed by atoms with van der Waals surface area (Å²) in [4.78, 5) is 16.6. The first-order valence-electron chi connectivity index (χ1n) is 9.81. The van der Waals surface area contributed by atoms with E-state index in [0.717, 1.165) is 40.7 Å². The molecule has 3 rings (SSSR count). The van der Waals surface area contributed by atoms with Gasteiger partial charge in [0, 0.05) is 42.8 Å². The van der Waals surface area contributed by atoms with Crippen molar-refractivity contribution < 1.29 is 19.8 Å². The van der Waals surface area contributed by atoms with Crippen molar-refractivity contribution in [1.82, 2.24) is 15.4 Å². The number of fused-ring (bicyclic) bond motifs is 1. The summed E-state index contributed by atoms with van der Waals surface area (Å²) < 4.78 is 5.34. The van der Waals surface area contributed by atoms with Gasteiger partial charge in [-0.1, -0.05) is 24.3 Å². The van der Waals surface area contributed by atoms with Crippen LogP contribution in [0, 0.1) is 0 Å². The number of ether oxygens (including phenoxy) is 1. The molecule has 3 aromatic rings. The van der Waals surface area contributed by atoms with Crippen LogP contribution in [0.1, 0.15) is 16.7 Å². The Morgan fingerprint density at radius 1 is 1.20 bits per heavy atom. The molecule has 0 radical (unpaired) electrons. The molecule has 0 spiro atoms. The number of hydrogen-bond acceptors (Lipinski definition) is 5. The van der Waals surface area contributed by atoms with Gasteiger partial charge < -0.3 is 14.8 Å². The number of rotatable bonds is 10. The van der Waals surface area contributed by atoms with E-state index in [2.05, 4.69) is 9.88 Å². The maximum Gasteiger partial charge on any atom is 0.267 e. The molecular formula is C23H27N3O4. The molecule has 158 valence electrons. The molecule has 7 nitrogen and oxygen atoms in total. The van der Waals surface area contributed by atoms with Crippen molar-refractivity contribution in [3.63, 3.8) is 0 Å². The fraction of sp³-hybridized carbons (Fsp3) is 0.261. The number of nitrogens with zero attached hydrogens (tertiary/aromatic N) is 1. The van der Waals surface area contributed by atoms with Crippen LogP contribution in [0.4, 0.5) is 0 Å². The van der Waals surface area contributed by atoms with E-state index in [9.17, 15) is 9.90 Å². The van der Waals surface area contributed by atoms with Crippen LogP contribution in [0.2, 0.25) is 0 Å². The molecule has 0 atom stereocenters. The van der Waals surface area contributed by atoms with Crippen molar-refractivity contribution in [3.05, 3.63) is 71.4 Å². The van der Waals surface area contributed by atoms with Gasteiger partial charge in [0.05, 0.1) is 13.7 Å². The predicted molar refractivity (Wildman–Crippen MR) is 116 cm³/mol. The molecule has 30 heavy (non-hydrogen) atoms. The summed E-state index contributed by atoms with van der Waals surface area (Å²) in [5, 5.41) is 19.1. The van der Waals surface area contributed by atoms with Crippen molar-refractivity contribution in [3.8, 4) is 5.75 Å². The number of nitrogens with one attached hydrogen (secondary N) is 2. The number of aliphatic hydroxyl groups is 1. The number of H-pyrrole nitrogens is 1. The average Bonchev–Trinajstić information content (AvgIpc) is 3.19. The van der Waals surface area contributed by atoms with Crippen LogP contribution in [0.5, 0.6) is 5.75 Å². The van der Waals surface area contributed by atoms with E-state index in [4.69, 9.17) is 9.94 Å². The fourth-order valence-corrected chi connectivity index (χ4v) is 3.38. The van der Waals surface area contributed by atoms with E-state index in [1.165, 1.54) is 11.6 Å². The van der Waals surface area contributed by atoms with Crippen LogP contribution in [-0.2, 0) is 17.8 Å². The number of amides is 1. The lowest BCUT2D eigenvalue weighted by Gasteiger charge is -2.21. The summed E-state index contributed by atoms with van der Waals surface area (Å²) in [6, 6.07) is 13.8. The van der Waals surface area contributed by atoms with Crippen molar-refractivity contribution in [2.75, 3.05) is 26.8 Å². The quantitative estimate of drug-likeness (QED) is 0.235. The van der Waals surface area contributed by atoms with Gasteiger partial charge in [0.2, 0.25) is 0 Å². The molecule has 0 aliphatic rings. The van der Waals surface area contributed by atoms with E-state index >= 15 is 0 Å². The van der Waals surface area contributed by atoms with Gasteiger partial charge in [-0.15, -0.1) is 0 Å². The Morgan fingerprint density at radius 2 is 2.00 bits per heavy atom. The van der Waals surface area contributed by atoms with Gasteiger partial charge in [-0.3, -0.25) is 14.9 Å². The molecule has 7 heteroatoms. The first-order valence-corrected chi connectivity index (χ1v) is 9.81. The number of methoxy groups -OCH3 is 1.